The molecule has 0 atom stereocenters. The van der Waals surface area contributed by atoms with Gasteiger partial charge in [0.15, 0.2) is 0 Å². The van der Waals surface area contributed by atoms with Crippen LogP contribution >= 0.6 is 0 Å². The van der Waals surface area contributed by atoms with Gasteiger partial charge in [0.25, 0.3) is 0 Å². The molecule has 0 amide bonds. The summed E-state index contributed by atoms with van der Waals surface area (Å²) in [5.41, 5.74) is 4.28. The number of aryl methyl sites for hydroxylation is 1. The average Bonchev–Trinajstić information content (AvgIpc) is 2.18. The molecule has 0 spiro atoms. The summed E-state index contributed by atoms with van der Waals surface area (Å²) in [7, 11) is 0. The van der Waals surface area contributed by atoms with Crippen LogP contribution in [0.1, 0.15) is 16.7 Å². The van der Waals surface area contributed by atoms with E-state index in [4.69, 9.17) is 5.26 Å². The van der Waals surface area contributed by atoms with E-state index in [1.54, 1.807) is 6.20 Å². The fourth-order valence-electron chi connectivity index (χ4n) is 1.61. The minimum Gasteiger partial charge on any atom is -0.386 e. The molecule has 1 aromatic rings. The van der Waals surface area contributed by atoms with Gasteiger partial charge in [-0.1, -0.05) is 18.2 Å². The first-order chi connectivity index (χ1) is 6.33. The van der Waals surface area contributed by atoms with E-state index in [2.05, 4.69) is 24.4 Å². The van der Waals surface area contributed by atoms with Gasteiger partial charge in [-0.25, -0.2) is 0 Å². The van der Waals surface area contributed by atoms with Gasteiger partial charge in [0.05, 0.1) is 5.57 Å². The van der Waals surface area contributed by atoms with Crippen LogP contribution in [0.5, 0.6) is 0 Å². The number of fused-ring (bicyclic) bond motifs is 1. The fourth-order valence-corrected chi connectivity index (χ4v) is 1.61. The van der Waals surface area contributed by atoms with Crippen LogP contribution in [-0.4, -0.2) is 0 Å². The Hall–Kier alpha value is -1.75. The number of nitriles is 1. The van der Waals surface area contributed by atoms with E-state index in [9.17, 15) is 0 Å². The smallest absolute Gasteiger partial charge is 0.101 e. The zero-order valence-corrected chi connectivity index (χ0v) is 7.46. The number of rotatable bonds is 0. The first-order valence-electron chi connectivity index (χ1n) is 4.25. The summed E-state index contributed by atoms with van der Waals surface area (Å²) in [6.45, 7) is 2.90. The monoisotopic (exact) mass is 170 g/mol. The maximum atomic E-state index is 8.87. The van der Waals surface area contributed by atoms with Gasteiger partial charge in [0.2, 0.25) is 0 Å². The topological polar surface area (TPSA) is 35.8 Å². The highest BCUT2D eigenvalue weighted by Gasteiger charge is 2.12. The maximum Gasteiger partial charge on any atom is 0.101 e. The lowest BCUT2D eigenvalue weighted by Gasteiger charge is -2.16. The summed E-state index contributed by atoms with van der Waals surface area (Å²) in [5, 5.41) is 12.0. The molecule has 1 heterocycles. The number of hydrogen-bond donors (Lipinski definition) is 1. The molecule has 0 saturated carbocycles. The maximum absolute atomic E-state index is 8.87. The summed E-state index contributed by atoms with van der Waals surface area (Å²) in [4.78, 5) is 0. The highest BCUT2D eigenvalue weighted by Crippen LogP contribution is 2.24. The molecule has 13 heavy (non-hydrogen) atoms. The second kappa shape index (κ2) is 2.95. The van der Waals surface area contributed by atoms with Gasteiger partial charge in [-0.3, -0.25) is 0 Å². The Kier molecular flexibility index (Phi) is 1.79. The lowest BCUT2D eigenvalue weighted by molar-refractivity contribution is 0.847. The van der Waals surface area contributed by atoms with Crippen molar-refractivity contribution < 1.29 is 0 Å². The van der Waals surface area contributed by atoms with Gasteiger partial charge in [-0.15, -0.1) is 0 Å². The van der Waals surface area contributed by atoms with Crippen LogP contribution in [0.4, 0.5) is 0 Å². The molecule has 2 heteroatoms. The summed E-state index contributed by atoms with van der Waals surface area (Å²) in [6.07, 6.45) is 1.78. The molecule has 1 aliphatic rings. The highest BCUT2D eigenvalue weighted by atomic mass is 14.8. The van der Waals surface area contributed by atoms with Gasteiger partial charge in [-0.2, -0.15) is 5.26 Å². The molecule has 0 aromatic heterocycles. The minimum absolute atomic E-state index is 0.727. The molecule has 0 bridgehead atoms. The van der Waals surface area contributed by atoms with Crippen molar-refractivity contribution in [1.29, 1.82) is 5.26 Å². The van der Waals surface area contributed by atoms with Crippen molar-refractivity contribution in [2.45, 2.75) is 13.5 Å². The number of nitrogens with one attached hydrogen (secondary N) is 1. The Bertz CT molecular complexity index is 411. The summed E-state index contributed by atoms with van der Waals surface area (Å²) >= 11 is 0. The van der Waals surface area contributed by atoms with E-state index in [1.807, 2.05) is 12.1 Å². The van der Waals surface area contributed by atoms with Crippen LogP contribution in [0.3, 0.4) is 0 Å². The van der Waals surface area contributed by atoms with E-state index >= 15 is 0 Å². The van der Waals surface area contributed by atoms with E-state index in [-0.39, 0.29) is 0 Å². The Morgan fingerprint density at radius 2 is 2.31 bits per heavy atom. The van der Waals surface area contributed by atoms with Gasteiger partial charge in [0, 0.05) is 12.7 Å². The Morgan fingerprint density at radius 1 is 1.46 bits per heavy atom. The molecule has 1 N–H and O–H groups in total. The molecule has 2 nitrogen and oxygen atoms in total. The standard InChI is InChI=1S/C11H10N2/c1-8-3-2-4-10-9(5-12)6-13-7-11(8)10/h2-4,6,13H,7H2,1H3. The number of hydrogen-bond acceptors (Lipinski definition) is 2. The van der Waals surface area contributed by atoms with E-state index in [1.165, 1.54) is 11.1 Å². The fraction of sp³-hybridized carbons (Fsp3) is 0.182. The second-order valence-corrected chi connectivity index (χ2v) is 3.15. The Morgan fingerprint density at radius 3 is 3.08 bits per heavy atom. The van der Waals surface area contributed by atoms with Gasteiger partial charge in [-0.05, 0) is 23.6 Å². The minimum atomic E-state index is 0.727. The predicted octanol–water partition coefficient (Wildman–Crippen LogP) is 1.96. The Labute approximate surface area is 77.5 Å². The quantitative estimate of drug-likeness (QED) is 0.646. The summed E-state index contributed by atoms with van der Waals surface area (Å²) in [5.74, 6) is 0. The van der Waals surface area contributed by atoms with Crippen molar-refractivity contribution in [2.24, 2.45) is 0 Å². The molecule has 2 rings (SSSR count). The SMILES string of the molecule is Cc1cccc2c1CNC=C2C#N. The molecular formula is C11H10N2. The van der Waals surface area contributed by atoms with E-state index in [0.717, 1.165) is 17.7 Å². The summed E-state index contributed by atoms with van der Waals surface area (Å²) < 4.78 is 0. The molecule has 0 fully saturated rings. The van der Waals surface area contributed by atoms with Crippen LogP contribution in [0.25, 0.3) is 5.57 Å². The van der Waals surface area contributed by atoms with Crippen molar-refractivity contribution in [1.82, 2.24) is 5.32 Å². The largest absolute Gasteiger partial charge is 0.386 e. The molecule has 1 aliphatic heterocycles. The van der Waals surface area contributed by atoms with Gasteiger partial charge >= 0.3 is 0 Å². The molecule has 0 aliphatic carbocycles. The molecule has 0 radical (unpaired) electrons. The van der Waals surface area contributed by atoms with E-state index < -0.39 is 0 Å². The van der Waals surface area contributed by atoms with Gasteiger partial charge in [0.1, 0.15) is 6.07 Å². The third-order valence-corrected chi connectivity index (χ3v) is 2.35. The van der Waals surface area contributed by atoms with Crippen LogP contribution in [0.15, 0.2) is 24.4 Å². The van der Waals surface area contributed by atoms with Crippen LogP contribution < -0.4 is 5.32 Å². The average molecular weight is 170 g/mol. The third-order valence-electron chi connectivity index (χ3n) is 2.35. The lowest BCUT2D eigenvalue weighted by Crippen LogP contribution is -2.14. The van der Waals surface area contributed by atoms with Crippen molar-refractivity contribution in [3.63, 3.8) is 0 Å². The molecule has 64 valence electrons. The zero-order chi connectivity index (χ0) is 9.26. The van der Waals surface area contributed by atoms with Crippen molar-refractivity contribution in [3.8, 4) is 6.07 Å². The normalized spacial score (nSPS) is 13.7. The third kappa shape index (κ3) is 1.19. The lowest BCUT2D eigenvalue weighted by atomic mass is 9.95. The molecule has 0 unspecified atom stereocenters. The van der Waals surface area contributed by atoms with Crippen LogP contribution in [0, 0.1) is 18.3 Å². The molecule has 0 saturated heterocycles. The predicted molar refractivity (Wildman–Crippen MR) is 51.6 cm³/mol. The zero-order valence-electron chi connectivity index (χ0n) is 7.46. The highest BCUT2D eigenvalue weighted by molar-refractivity contribution is 5.80. The first-order valence-corrected chi connectivity index (χ1v) is 4.25. The van der Waals surface area contributed by atoms with Gasteiger partial charge < -0.3 is 5.32 Å². The molecule has 1 aromatic carbocycles. The van der Waals surface area contributed by atoms with Crippen LogP contribution in [-0.2, 0) is 6.54 Å². The van der Waals surface area contributed by atoms with Crippen molar-refractivity contribution in [2.75, 3.05) is 0 Å². The second-order valence-electron chi connectivity index (χ2n) is 3.15. The van der Waals surface area contributed by atoms with Crippen LogP contribution in [0.2, 0.25) is 0 Å². The number of benzene rings is 1. The van der Waals surface area contributed by atoms with Crippen molar-refractivity contribution in [3.05, 3.63) is 41.1 Å². The Balaban J connectivity index is 2.63. The number of nitrogens with zero attached hydrogens (tertiary/aromatic N) is 1. The first kappa shape index (κ1) is 7.88. The van der Waals surface area contributed by atoms with E-state index in [0.29, 0.717) is 0 Å². The summed E-state index contributed by atoms with van der Waals surface area (Å²) in [6, 6.07) is 8.25. The number of allylic oxidation sites excluding steroid dienone is 1. The molecular weight excluding hydrogens is 160 g/mol. The van der Waals surface area contributed by atoms with Crippen molar-refractivity contribution >= 4 is 5.57 Å².